The predicted octanol–water partition coefficient (Wildman–Crippen LogP) is -0.328. The molecule has 2 aromatic rings. The van der Waals surface area contributed by atoms with E-state index in [1.165, 1.54) is 25.6 Å². The summed E-state index contributed by atoms with van der Waals surface area (Å²) in [6.45, 7) is 2.71. The summed E-state index contributed by atoms with van der Waals surface area (Å²) in [5.41, 5.74) is 4.31. The molecule has 3 rings (SSSR count). The summed E-state index contributed by atoms with van der Waals surface area (Å²) in [6.07, 6.45) is -4.87. The average Bonchev–Trinajstić information content (AvgIpc) is 3.58. The zero-order valence-corrected chi connectivity index (χ0v) is 30.8. The van der Waals surface area contributed by atoms with Crippen LogP contribution in [0.15, 0.2) is 24.1 Å². The molecule has 27 heteroatoms. The molecule has 1 saturated heterocycles. The highest BCUT2D eigenvalue weighted by Crippen LogP contribution is 2.61. The summed E-state index contributed by atoms with van der Waals surface area (Å²) >= 11 is 1.51. The molecule has 0 aromatic carbocycles. The van der Waals surface area contributed by atoms with Crippen LogP contribution in [0.25, 0.3) is 11.2 Å². The first-order valence-corrected chi connectivity index (χ1v) is 20.3. The van der Waals surface area contributed by atoms with E-state index in [2.05, 4.69) is 34.4 Å². The van der Waals surface area contributed by atoms with Gasteiger partial charge in [-0.1, -0.05) is 19.9 Å². The van der Waals surface area contributed by atoms with E-state index >= 15 is 0 Å². The minimum Gasteiger partial charge on any atom is -0.386 e. The molecule has 7 atom stereocenters. The van der Waals surface area contributed by atoms with Crippen LogP contribution in [-0.4, -0.2) is 118 Å². The van der Waals surface area contributed by atoms with Gasteiger partial charge in [0.05, 0.1) is 19.5 Å². The number of hydrogen-bond acceptors (Lipinski definition) is 17. The molecule has 0 spiro atoms. The molecule has 1 aliphatic heterocycles. The van der Waals surface area contributed by atoms with E-state index in [1.807, 2.05) is 18.4 Å². The third-order valence-electron chi connectivity index (χ3n) is 6.85. The highest BCUT2D eigenvalue weighted by Gasteiger charge is 2.50. The Morgan fingerprint density at radius 3 is 2.47 bits per heavy atom. The Labute approximate surface area is 294 Å². The van der Waals surface area contributed by atoms with Crippen molar-refractivity contribution in [1.82, 2.24) is 30.2 Å². The van der Waals surface area contributed by atoms with Gasteiger partial charge in [0.2, 0.25) is 11.8 Å². The summed E-state index contributed by atoms with van der Waals surface area (Å²) in [5, 5.41) is 28.2. The number of carbonyl (C=O) groups excluding carboxylic acids is 2. The topological polar surface area (TPSA) is 347 Å². The molecule has 0 radical (unpaired) electrons. The molecule has 2 amide bonds. The van der Waals surface area contributed by atoms with Gasteiger partial charge in [-0.3, -0.25) is 27.7 Å². The van der Waals surface area contributed by atoms with Gasteiger partial charge in [0.25, 0.3) is 0 Å². The first-order valence-electron chi connectivity index (χ1n) is 14.8. The van der Waals surface area contributed by atoms with Gasteiger partial charge in [-0.15, -0.1) is 11.8 Å². The van der Waals surface area contributed by atoms with Crippen molar-refractivity contribution in [2.24, 2.45) is 5.41 Å². The average molecular weight is 808 g/mol. The fourth-order valence-corrected chi connectivity index (χ4v) is 7.73. The van der Waals surface area contributed by atoms with Gasteiger partial charge < -0.3 is 50.9 Å². The Bertz CT molecular complexity index is 1690. The second-order valence-electron chi connectivity index (χ2n) is 11.4. The number of nitrogen functional groups attached to an aromatic ring is 1. The maximum atomic E-state index is 12.6. The van der Waals surface area contributed by atoms with Crippen LogP contribution in [0.3, 0.4) is 0 Å². The zero-order chi connectivity index (χ0) is 38.2. The summed E-state index contributed by atoms with van der Waals surface area (Å²) in [5.74, 6) is -0.659. The zero-order valence-electron chi connectivity index (χ0n) is 27.3. The number of amides is 2. The van der Waals surface area contributed by atoms with Gasteiger partial charge >= 0.3 is 23.5 Å². The standard InChI is InChI=1S/C24H40N7O16P3S/c1-4-8-51-9-7-26-15(32)5-6-27-22(35)19(34)24(2,3)11-44-50(41,42)47-49(39,40)43-10-14-18(46-48(36,37)38)17(33)23(45-14)31-13-30-16-20(25)28-12-29-21(16)31/h4,8,12-14,17-19,23,33-34H,5-7,9-11H2,1-3H3,(H,26,32)(H,27,35)(H,39,40)(H,41,42)(H2,25,28,29)(H2,36,37,38)/t14-,17-,18-,19+,23-/m1/s1. The van der Waals surface area contributed by atoms with Crippen LogP contribution >= 0.6 is 35.2 Å². The Morgan fingerprint density at radius 2 is 1.80 bits per heavy atom. The van der Waals surface area contributed by atoms with Gasteiger partial charge in [0.15, 0.2) is 17.7 Å². The Hall–Kier alpha value is -2.37. The lowest BCUT2D eigenvalue weighted by molar-refractivity contribution is -0.137. The number of aliphatic hydroxyl groups excluding tert-OH is 2. The fraction of sp³-hybridized carbons (Fsp3) is 0.625. The first-order chi connectivity index (χ1) is 23.7. The number of anilines is 1. The van der Waals surface area contributed by atoms with E-state index < -0.39 is 78.6 Å². The van der Waals surface area contributed by atoms with Crippen LogP contribution < -0.4 is 16.4 Å². The van der Waals surface area contributed by atoms with Gasteiger partial charge in [0, 0.05) is 30.7 Å². The summed E-state index contributed by atoms with van der Waals surface area (Å²) in [7, 11) is -16.3. The molecular weight excluding hydrogens is 767 g/mol. The van der Waals surface area contributed by atoms with Crippen molar-refractivity contribution in [3.8, 4) is 0 Å². The maximum Gasteiger partial charge on any atom is 0.481 e. The van der Waals surface area contributed by atoms with E-state index in [4.69, 9.17) is 19.5 Å². The number of nitrogens with two attached hydrogens (primary N) is 1. The molecule has 288 valence electrons. The lowest BCUT2D eigenvalue weighted by atomic mass is 9.87. The number of phosphoric acid groups is 3. The van der Waals surface area contributed by atoms with Gasteiger partial charge in [-0.05, 0) is 12.3 Å². The van der Waals surface area contributed by atoms with Crippen LogP contribution in [0, 0.1) is 5.41 Å². The molecule has 3 heterocycles. The van der Waals surface area contributed by atoms with Crippen molar-refractivity contribution < 1.29 is 75.7 Å². The van der Waals surface area contributed by atoms with Gasteiger partial charge in [0.1, 0.15) is 36.3 Å². The van der Waals surface area contributed by atoms with Crippen molar-refractivity contribution >= 4 is 64.0 Å². The van der Waals surface area contributed by atoms with Crippen molar-refractivity contribution in [2.75, 3.05) is 37.8 Å². The number of nitrogens with one attached hydrogen (secondary N) is 2. The molecule has 0 aliphatic carbocycles. The molecule has 0 saturated carbocycles. The minimum absolute atomic E-state index is 0.0354. The molecule has 51 heavy (non-hydrogen) atoms. The number of carbonyl (C=O) groups is 2. The molecule has 1 fully saturated rings. The number of thioether (sulfide) groups is 1. The number of allylic oxidation sites excluding steroid dienone is 1. The Kier molecular flexibility index (Phi) is 15.3. The minimum atomic E-state index is -5.54. The smallest absolute Gasteiger partial charge is 0.386 e. The largest absolute Gasteiger partial charge is 0.481 e. The van der Waals surface area contributed by atoms with Gasteiger partial charge in [-0.2, -0.15) is 4.31 Å². The van der Waals surface area contributed by atoms with Crippen molar-refractivity contribution in [1.29, 1.82) is 0 Å². The number of ether oxygens (including phenoxy) is 1. The highest BCUT2D eigenvalue weighted by molar-refractivity contribution is 8.02. The summed E-state index contributed by atoms with van der Waals surface area (Å²) in [4.78, 5) is 75.2. The lowest BCUT2D eigenvalue weighted by Gasteiger charge is -2.30. The second kappa shape index (κ2) is 18.1. The predicted molar refractivity (Wildman–Crippen MR) is 177 cm³/mol. The summed E-state index contributed by atoms with van der Waals surface area (Å²) in [6, 6.07) is 0. The molecule has 23 nitrogen and oxygen atoms in total. The van der Waals surface area contributed by atoms with Crippen LogP contribution in [-0.2, 0) is 45.9 Å². The van der Waals surface area contributed by atoms with E-state index in [1.54, 1.807) is 0 Å². The van der Waals surface area contributed by atoms with E-state index in [-0.39, 0.29) is 35.9 Å². The van der Waals surface area contributed by atoms with Crippen molar-refractivity contribution in [3.05, 3.63) is 24.1 Å². The quantitative estimate of drug-likeness (QED) is 0.0611. The van der Waals surface area contributed by atoms with Crippen molar-refractivity contribution in [3.63, 3.8) is 0 Å². The summed E-state index contributed by atoms with van der Waals surface area (Å²) < 4.78 is 61.9. The number of aliphatic hydroxyl groups is 2. The van der Waals surface area contributed by atoms with Crippen LogP contribution in [0.5, 0.6) is 0 Å². The first kappa shape index (κ1) is 43.0. The van der Waals surface area contributed by atoms with E-state index in [9.17, 15) is 53.1 Å². The molecule has 0 bridgehead atoms. The maximum absolute atomic E-state index is 12.6. The van der Waals surface area contributed by atoms with Crippen molar-refractivity contribution in [2.45, 2.75) is 57.8 Å². The number of hydrogen-bond donors (Lipinski definition) is 9. The van der Waals surface area contributed by atoms with Gasteiger partial charge in [-0.25, -0.2) is 28.6 Å². The van der Waals surface area contributed by atoms with Crippen LogP contribution in [0.2, 0.25) is 0 Å². The number of nitrogens with zero attached hydrogens (tertiary/aromatic N) is 4. The third kappa shape index (κ3) is 12.9. The fourth-order valence-electron chi connectivity index (χ4n) is 4.35. The molecule has 2 unspecified atom stereocenters. The SMILES string of the molecule is CC=CSCCNC(=O)CCNC(=O)[C@H](O)C(C)(C)COP(=O)(O)OP(=O)(O)OC[C@H]1O[C@@H](n2cnc3c(N)ncnc32)[C@H](O)[C@@H]1OP(=O)(O)O. The monoisotopic (exact) mass is 807 g/mol. The number of imidazole rings is 1. The third-order valence-corrected chi connectivity index (χ3v) is 10.9. The second-order valence-corrected chi connectivity index (χ2v) is 16.7. The molecule has 10 N–H and O–H groups in total. The molecule has 2 aromatic heterocycles. The number of aromatic nitrogens is 4. The molecular formula is C24H40N7O16P3S. The lowest BCUT2D eigenvalue weighted by Crippen LogP contribution is -2.46. The van der Waals surface area contributed by atoms with E-state index in [0.717, 1.165) is 17.2 Å². The molecule has 1 aliphatic rings. The Balaban J connectivity index is 1.55. The number of phosphoric ester groups is 3. The van der Waals surface area contributed by atoms with E-state index in [0.29, 0.717) is 12.3 Å². The number of rotatable bonds is 20. The van der Waals surface area contributed by atoms with Crippen LogP contribution in [0.1, 0.15) is 33.4 Å². The normalized spacial score (nSPS) is 22.8. The number of fused-ring (bicyclic) bond motifs is 1. The Morgan fingerprint density at radius 1 is 1.12 bits per heavy atom. The highest BCUT2D eigenvalue weighted by atomic mass is 32.2. The van der Waals surface area contributed by atoms with Crippen LogP contribution in [0.4, 0.5) is 5.82 Å².